The lowest BCUT2D eigenvalue weighted by atomic mass is 9.89. The van der Waals surface area contributed by atoms with Gasteiger partial charge >= 0.3 is 0 Å². The predicted molar refractivity (Wildman–Crippen MR) is 73.6 cm³/mol. The predicted octanol–water partition coefficient (Wildman–Crippen LogP) is 2.79. The van der Waals surface area contributed by atoms with E-state index in [4.69, 9.17) is 5.10 Å². The third-order valence-corrected chi connectivity index (χ3v) is 4.52. The highest BCUT2D eigenvalue weighted by atomic mass is 15.3. The summed E-state index contributed by atoms with van der Waals surface area (Å²) in [5.74, 6) is 1.60. The van der Waals surface area contributed by atoms with E-state index in [9.17, 15) is 0 Å². The van der Waals surface area contributed by atoms with Gasteiger partial charge in [-0.1, -0.05) is 19.8 Å². The first-order chi connectivity index (χ1) is 8.81. The maximum atomic E-state index is 4.80. The van der Waals surface area contributed by atoms with Crippen LogP contribution in [-0.2, 0) is 6.42 Å². The molecule has 3 rings (SSSR count). The fourth-order valence-corrected chi connectivity index (χ4v) is 3.58. The number of piperidine rings is 1. The summed E-state index contributed by atoms with van der Waals surface area (Å²) in [5.41, 5.74) is 1.29. The number of nitrogens with one attached hydrogen (secondary N) is 1. The van der Waals surface area contributed by atoms with E-state index >= 15 is 0 Å². The fraction of sp³-hybridized carbons (Fsp3) is 0.800. The Balaban J connectivity index is 1.59. The highest BCUT2D eigenvalue weighted by molar-refractivity contribution is 5.02. The Morgan fingerprint density at radius 1 is 1.33 bits per heavy atom. The SMILES string of the molecule is CC1CNCC(Cc2ccn(C3CCCC3)n2)C1. The van der Waals surface area contributed by atoms with Crippen LogP contribution in [-0.4, -0.2) is 22.9 Å². The minimum atomic E-state index is 0.683. The summed E-state index contributed by atoms with van der Waals surface area (Å²) in [5, 5.41) is 8.33. The van der Waals surface area contributed by atoms with Gasteiger partial charge in [-0.3, -0.25) is 4.68 Å². The van der Waals surface area contributed by atoms with Gasteiger partial charge in [0.1, 0.15) is 0 Å². The molecule has 1 aromatic rings. The summed E-state index contributed by atoms with van der Waals surface area (Å²) in [6, 6.07) is 2.92. The number of nitrogens with zero attached hydrogens (tertiary/aromatic N) is 2. The summed E-state index contributed by atoms with van der Waals surface area (Å²) in [6.45, 7) is 4.70. The van der Waals surface area contributed by atoms with Gasteiger partial charge in [0.25, 0.3) is 0 Å². The summed E-state index contributed by atoms with van der Waals surface area (Å²) >= 11 is 0. The van der Waals surface area contributed by atoms with Crippen LogP contribution >= 0.6 is 0 Å². The zero-order valence-corrected chi connectivity index (χ0v) is 11.4. The minimum absolute atomic E-state index is 0.683. The van der Waals surface area contributed by atoms with Crippen LogP contribution in [0.15, 0.2) is 12.3 Å². The Labute approximate surface area is 110 Å². The van der Waals surface area contributed by atoms with E-state index in [1.54, 1.807) is 0 Å². The molecule has 0 radical (unpaired) electrons. The van der Waals surface area contributed by atoms with Crippen LogP contribution in [0.1, 0.15) is 50.8 Å². The standard InChI is InChI=1S/C15H25N3/c1-12-8-13(11-16-10-12)9-14-6-7-18(17-14)15-4-2-3-5-15/h6-7,12-13,15-16H,2-5,8-11H2,1H3. The van der Waals surface area contributed by atoms with Crippen LogP contribution in [0.3, 0.4) is 0 Å². The molecular weight excluding hydrogens is 222 g/mol. The maximum Gasteiger partial charge on any atom is 0.0627 e. The Bertz CT molecular complexity index is 379. The molecule has 2 fully saturated rings. The number of aromatic nitrogens is 2. The van der Waals surface area contributed by atoms with Crippen LogP contribution in [0, 0.1) is 11.8 Å². The van der Waals surface area contributed by atoms with E-state index in [1.165, 1.54) is 50.9 Å². The van der Waals surface area contributed by atoms with E-state index in [1.807, 2.05) is 0 Å². The van der Waals surface area contributed by atoms with Gasteiger partial charge in [0.15, 0.2) is 0 Å². The molecule has 1 aliphatic carbocycles. The molecule has 1 aromatic heterocycles. The smallest absolute Gasteiger partial charge is 0.0627 e. The van der Waals surface area contributed by atoms with Gasteiger partial charge in [-0.2, -0.15) is 5.10 Å². The molecule has 0 bridgehead atoms. The van der Waals surface area contributed by atoms with E-state index in [0.717, 1.165) is 18.3 Å². The van der Waals surface area contributed by atoms with Crippen LogP contribution in [0.4, 0.5) is 0 Å². The first-order valence-corrected chi connectivity index (χ1v) is 7.56. The van der Waals surface area contributed by atoms with E-state index < -0.39 is 0 Å². The third-order valence-electron chi connectivity index (χ3n) is 4.52. The monoisotopic (exact) mass is 247 g/mol. The molecule has 0 aromatic carbocycles. The van der Waals surface area contributed by atoms with Crippen LogP contribution in [0.25, 0.3) is 0 Å². The first kappa shape index (κ1) is 12.2. The molecule has 100 valence electrons. The molecule has 0 amide bonds. The van der Waals surface area contributed by atoms with Gasteiger partial charge in [-0.05, 0) is 56.7 Å². The summed E-state index contributed by atoms with van der Waals surface area (Å²) in [6.07, 6.45) is 10.1. The third kappa shape index (κ3) is 2.77. The molecule has 0 spiro atoms. The van der Waals surface area contributed by atoms with Gasteiger partial charge in [-0.15, -0.1) is 0 Å². The topological polar surface area (TPSA) is 29.9 Å². The second-order valence-corrected chi connectivity index (χ2v) is 6.29. The van der Waals surface area contributed by atoms with Gasteiger partial charge in [0.05, 0.1) is 11.7 Å². The average Bonchev–Trinajstić information content (AvgIpc) is 2.98. The number of hydrogen-bond acceptors (Lipinski definition) is 2. The van der Waals surface area contributed by atoms with Crippen molar-refractivity contribution in [3.05, 3.63) is 18.0 Å². The normalized spacial score (nSPS) is 29.8. The van der Waals surface area contributed by atoms with Gasteiger partial charge in [0.2, 0.25) is 0 Å². The fourth-order valence-electron chi connectivity index (χ4n) is 3.58. The zero-order chi connectivity index (χ0) is 12.4. The first-order valence-electron chi connectivity index (χ1n) is 7.56. The Hall–Kier alpha value is -0.830. The van der Waals surface area contributed by atoms with Crippen molar-refractivity contribution >= 4 is 0 Å². The minimum Gasteiger partial charge on any atom is -0.316 e. The maximum absolute atomic E-state index is 4.80. The zero-order valence-electron chi connectivity index (χ0n) is 11.4. The molecule has 1 N–H and O–H groups in total. The second kappa shape index (κ2) is 5.43. The molecule has 2 aliphatic rings. The molecule has 3 nitrogen and oxygen atoms in total. The Morgan fingerprint density at radius 2 is 2.17 bits per heavy atom. The molecule has 2 unspecified atom stereocenters. The van der Waals surface area contributed by atoms with Crippen molar-refractivity contribution in [2.75, 3.05) is 13.1 Å². The summed E-state index contributed by atoms with van der Waals surface area (Å²) in [7, 11) is 0. The average molecular weight is 247 g/mol. The van der Waals surface area contributed by atoms with Crippen LogP contribution < -0.4 is 5.32 Å². The van der Waals surface area contributed by atoms with Crippen molar-refractivity contribution in [1.82, 2.24) is 15.1 Å². The van der Waals surface area contributed by atoms with Crippen molar-refractivity contribution in [2.24, 2.45) is 11.8 Å². The Kier molecular flexibility index (Phi) is 3.69. The molecule has 3 heteroatoms. The Morgan fingerprint density at radius 3 is 2.94 bits per heavy atom. The molecule has 18 heavy (non-hydrogen) atoms. The largest absolute Gasteiger partial charge is 0.316 e. The number of hydrogen-bond donors (Lipinski definition) is 1. The van der Waals surface area contributed by atoms with Crippen molar-refractivity contribution in [2.45, 2.75) is 51.5 Å². The summed E-state index contributed by atoms with van der Waals surface area (Å²) in [4.78, 5) is 0. The molecule has 2 atom stereocenters. The summed E-state index contributed by atoms with van der Waals surface area (Å²) < 4.78 is 2.22. The molecule has 1 saturated heterocycles. The van der Waals surface area contributed by atoms with Gasteiger partial charge in [0, 0.05) is 6.20 Å². The van der Waals surface area contributed by atoms with E-state index in [0.29, 0.717) is 6.04 Å². The number of rotatable bonds is 3. The van der Waals surface area contributed by atoms with Crippen LogP contribution in [0.2, 0.25) is 0 Å². The van der Waals surface area contributed by atoms with Crippen molar-refractivity contribution in [3.8, 4) is 0 Å². The quantitative estimate of drug-likeness (QED) is 0.890. The lowest BCUT2D eigenvalue weighted by Crippen LogP contribution is -2.36. The van der Waals surface area contributed by atoms with Crippen LogP contribution in [0.5, 0.6) is 0 Å². The second-order valence-electron chi connectivity index (χ2n) is 6.29. The molecule has 2 heterocycles. The van der Waals surface area contributed by atoms with Crippen molar-refractivity contribution < 1.29 is 0 Å². The highest BCUT2D eigenvalue weighted by Crippen LogP contribution is 2.29. The highest BCUT2D eigenvalue weighted by Gasteiger charge is 2.21. The molecular formula is C15H25N3. The van der Waals surface area contributed by atoms with Gasteiger partial charge < -0.3 is 5.32 Å². The van der Waals surface area contributed by atoms with E-state index in [2.05, 4.69) is 29.2 Å². The van der Waals surface area contributed by atoms with Crippen molar-refractivity contribution in [3.63, 3.8) is 0 Å². The van der Waals surface area contributed by atoms with Crippen molar-refractivity contribution in [1.29, 1.82) is 0 Å². The molecule has 1 saturated carbocycles. The van der Waals surface area contributed by atoms with E-state index in [-0.39, 0.29) is 0 Å². The molecule has 1 aliphatic heterocycles. The lowest BCUT2D eigenvalue weighted by molar-refractivity contribution is 0.299. The van der Waals surface area contributed by atoms with Gasteiger partial charge in [-0.25, -0.2) is 0 Å². The lowest BCUT2D eigenvalue weighted by Gasteiger charge is -2.27.